The lowest BCUT2D eigenvalue weighted by atomic mass is 10.2. The Bertz CT molecular complexity index is 357. The number of nitrogens with one attached hydrogen (secondary N) is 1. The van der Waals surface area contributed by atoms with Gasteiger partial charge in [-0.25, -0.2) is 0 Å². The molecule has 1 aliphatic rings. The third kappa shape index (κ3) is 2.80. The largest absolute Gasteiger partial charge is 0.433 e. The minimum atomic E-state index is -0.554. The van der Waals surface area contributed by atoms with Crippen molar-refractivity contribution in [3.63, 3.8) is 0 Å². The van der Waals surface area contributed by atoms with Gasteiger partial charge in [0.25, 0.3) is 0 Å². The molecule has 0 aliphatic carbocycles. The van der Waals surface area contributed by atoms with Crippen LogP contribution in [0.3, 0.4) is 0 Å². The molecule has 1 fully saturated rings. The van der Waals surface area contributed by atoms with Crippen LogP contribution < -0.4 is 5.32 Å². The van der Waals surface area contributed by atoms with Gasteiger partial charge in [0.2, 0.25) is 0 Å². The zero-order chi connectivity index (χ0) is 11.4. The number of nitro groups is 1. The number of furan rings is 1. The molecule has 0 spiro atoms. The molecule has 2 rings (SSSR count). The van der Waals surface area contributed by atoms with Crippen LogP contribution in [0.25, 0.3) is 0 Å². The maximum atomic E-state index is 10.4. The molecule has 6 heteroatoms. The van der Waals surface area contributed by atoms with E-state index in [1.165, 1.54) is 12.5 Å². The van der Waals surface area contributed by atoms with E-state index in [-0.39, 0.29) is 12.5 Å². The molecule has 1 atom stereocenters. The minimum absolute atomic E-state index is 0.238. The van der Waals surface area contributed by atoms with Crippen LogP contribution in [0.1, 0.15) is 18.6 Å². The van der Waals surface area contributed by atoms with E-state index in [9.17, 15) is 10.1 Å². The Kier molecular flexibility index (Phi) is 3.53. The molecule has 1 aromatic heterocycles. The summed E-state index contributed by atoms with van der Waals surface area (Å²) in [6.45, 7) is 1.95. The van der Waals surface area contributed by atoms with Gasteiger partial charge in [-0.15, -0.1) is 0 Å². The molecule has 6 nitrogen and oxygen atoms in total. The number of rotatable bonds is 5. The van der Waals surface area contributed by atoms with Crippen molar-refractivity contribution in [1.29, 1.82) is 0 Å². The van der Waals surface area contributed by atoms with Crippen LogP contribution in [0.4, 0.5) is 5.88 Å². The van der Waals surface area contributed by atoms with Gasteiger partial charge >= 0.3 is 5.88 Å². The Hall–Kier alpha value is -1.40. The molecule has 0 bridgehead atoms. The fraction of sp³-hybridized carbons (Fsp3) is 0.600. The molecule has 1 aromatic rings. The zero-order valence-corrected chi connectivity index (χ0v) is 8.85. The van der Waals surface area contributed by atoms with Gasteiger partial charge in [-0.05, 0) is 25.5 Å². The molecule has 88 valence electrons. The highest BCUT2D eigenvalue weighted by Crippen LogP contribution is 2.16. The highest BCUT2D eigenvalue weighted by molar-refractivity contribution is 5.17. The smallest absolute Gasteiger partial charge is 0.403 e. The highest BCUT2D eigenvalue weighted by atomic mass is 16.6. The van der Waals surface area contributed by atoms with Crippen LogP contribution in [-0.2, 0) is 11.3 Å². The summed E-state index contributed by atoms with van der Waals surface area (Å²) in [5, 5.41) is 13.7. The van der Waals surface area contributed by atoms with Crippen LogP contribution in [0.5, 0.6) is 0 Å². The fourth-order valence-electron chi connectivity index (χ4n) is 1.74. The van der Waals surface area contributed by atoms with E-state index >= 15 is 0 Å². The average Bonchev–Trinajstić information content (AvgIpc) is 2.87. The van der Waals surface area contributed by atoms with Crippen molar-refractivity contribution in [1.82, 2.24) is 5.32 Å². The lowest BCUT2D eigenvalue weighted by Crippen LogP contribution is -2.26. The van der Waals surface area contributed by atoms with E-state index in [2.05, 4.69) is 5.32 Å². The summed E-state index contributed by atoms with van der Waals surface area (Å²) in [6, 6.07) is 3.32. The standard InChI is InChI=1S/C10H14N2O4/c13-12(14)10-4-3-9(16-10)7-15-6-8-2-1-5-11-8/h3-4,8,11H,1-2,5-7H2. The van der Waals surface area contributed by atoms with Gasteiger partial charge in [0.1, 0.15) is 17.3 Å². The van der Waals surface area contributed by atoms with Gasteiger partial charge in [-0.1, -0.05) is 0 Å². The summed E-state index contributed by atoms with van der Waals surface area (Å²) in [4.78, 5) is 9.80. The molecule has 0 amide bonds. The SMILES string of the molecule is O=[N+]([O-])c1ccc(COCC2CCCN2)o1. The van der Waals surface area contributed by atoms with Gasteiger partial charge in [0.15, 0.2) is 0 Å². The first-order valence-electron chi connectivity index (χ1n) is 5.30. The van der Waals surface area contributed by atoms with Crippen molar-refractivity contribution in [2.24, 2.45) is 0 Å². The lowest BCUT2D eigenvalue weighted by molar-refractivity contribution is -0.402. The maximum Gasteiger partial charge on any atom is 0.433 e. The van der Waals surface area contributed by atoms with Gasteiger partial charge in [-0.2, -0.15) is 0 Å². The quantitative estimate of drug-likeness (QED) is 0.607. The van der Waals surface area contributed by atoms with Gasteiger partial charge in [0, 0.05) is 6.04 Å². The molecule has 2 heterocycles. The molecule has 1 saturated heterocycles. The van der Waals surface area contributed by atoms with E-state index in [1.54, 1.807) is 6.07 Å². The first-order chi connectivity index (χ1) is 7.75. The predicted molar refractivity (Wildman–Crippen MR) is 56.0 cm³/mol. The van der Waals surface area contributed by atoms with Crippen LogP contribution in [0.15, 0.2) is 16.5 Å². The molecule has 1 aliphatic heterocycles. The summed E-state index contributed by atoms with van der Waals surface area (Å²) < 4.78 is 10.4. The van der Waals surface area contributed by atoms with E-state index in [0.29, 0.717) is 18.4 Å². The van der Waals surface area contributed by atoms with Crippen molar-refractivity contribution in [3.05, 3.63) is 28.0 Å². The Morgan fingerprint density at radius 3 is 3.12 bits per heavy atom. The summed E-state index contributed by atoms with van der Waals surface area (Å²) in [7, 11) is 0. The van der Waals surface area contributed by atoms with Crippen molar-refractivity contribution in [3.8, 4) is 0 Å². The number of nitrogens with zero attached hydrogens (tertiary/aromatic N) is 1. The third-order valence-corrected chi connectivity index (χ3v) is 2.55. The Morgan fingerprint density at radius 2 is 2.50 bits per heavy atom. The average molecular weight is 226 g/mol. The highest BCUT2D eigenvalue weighted by Gasteiger charge is 2.15. The second kappa shape index (κ2) is 5.09. The Morgan fingerprint density at radius 1 is 1.62 bits per heavy atom. The maximum absolute atomic E-state index is 10.4. The molecule has 1 unspecified atom stereocenters. The molecule has 0 saturated carbocycles. The van der Waals surface area contributed by atoms with Gasteiger partial charge in [-0.3, -0.25) is 10.1 Å². The van der Waals surface area contributed by atoms with E-state index in [4.69, 9.17) is 9.15 Å². The molecular weight excluding hydrogens is 212 g/mol. The second-order valence-electron chi connectivity index (χ2n) is 3.81. The van der Waals surface area contributed by atoms with E-state index in [1.807, 2.05) is 0 Å². The van der Waals surface area contributed by atoms with Crippen LogP contribution in [0.2, 0.25) is 0 Å². The predicted octanol–water partition coefficient (Wildman–Crippen LogP) is 1.46. The summed E-state index contributed by atoms with van der Waals surface area (Å²) in [6.07, 6.45) is 2.30. The summed E-state index contributed by atoms with van der Waals surface area (Å²) in [5.74, 6) is 0.252. The first-order valence-corrected chi connectivity index (χ1v) is 5.30. The van der Waals surface area contributed by atoms with Gasteiger partial charge in [0.05, 0.1) is 12.7 Å². The second-order valence-corrected chi connectivity index (χ2v) is 3.81. The number of ether oxygens (including phenoxy) is 1. The molecule has 16 heavy (non-hydrogen) atoms. The number of hydrogen-bond donors (Lipinski definition) is 1. The molecular formula is C10H14N2O4. The van der Waals surface area contributed by atoms with Crippen LogP contribution in [0, 0.1) is 10.1 Å². The molecule has 0 aromatic carbocycles. The van der Waals surface area contributed by atoms with Crippen molar-refractivity contribution in [2.75, 3.05) is 13.2 Å². The van der Waals surface area contributed by atoms with Crippen molar-refractivity contribution in [2.45, 2.75) is 25.5 Å². The zero-order valence-electron chi connectivity index (χ0n) is 8.85. The first kappa shape index (κ1) is 11.1. The summed E-state index contributed by atoms with van der Waals surface area (Å²) in [5.41, 5.74) is 0. The Balaban J connectivity index is 1.74. The third-order valence-electron chi connectivity index (χ3n) is 2.55. The lowest BCUT2D eigenvalue weighted by Gasteiger charge is -2.09. The number of hydrogen-bond acceptors (Lipinski definition) is 5. The fourth-order valence-corrected chi connectivity index (χ4v) is 1.74. The van der Waals surface area contributed by atoms with Crippen LogP contribution >= 0.6 is 0 Å². The van der Waals surface area contributed by atoms with Crippen molar-refractivity contribution < 1.29 is 14.1 Å². The van der Waals surface area contributed by atoms with E-state index < -0.39 is 4.92 Å². The summed E-state index contributed by atoms with van der Waals surface area (Å²) >= 11 is 0. The van der Waals surface area contributed by atoms with Crippen LogP contribution in [-0.4, -0.2) is 24.1 Å². The Labute approximate surface area is 92.7 Å². The molecule has 0 radical (unpaired) electrons. The monoisotopic (exact) mass is 226 g/mol. The normalized spacial score (nSPS) is 20.1. The van der Waals surface area contributed by atoms with E-state index in [0.717, 1.165) is 13.0 Å². The van der Waals surface area contributed by atoms with Gasteiger partial charge < -0.3 is 14.5 Å². The minimum Gasteiger partial charge on any atom is -0.403 e. The van der Waals surface area contributed by atoms with Crippen molar-refractivity contribution >= 4 is 5.88 Å². The topological polar surface area (TPSA) is 77.5 Å². The molecule has 1 N–H and O–H groups in total.